The molecule has 20 heavy (non-hydrogen) atoms. The molecule has 0 aliphatic rings. The van der Waals surface area contributed by atoms with Gasteiger partial charge in [0.2, 0.25) is 0 Å². The Morgan fingerprint density at radius 2 is 2.10 bits per heavy atom. The molecule has 1 heterocycles. The number of ether oxygens (including phenoxy) is 2. The van der Waals surface area contributed by atoms with Gasteiger partial charge < -0.3 is 19.9 Å². The number of pyridine rings is 1. The first-order valence-electron chi connectivity index (χ1n) is 6.58. The summed E-state index contributed by atoms with van der Waals surface area (Å²) in [7, 11) is 1.63. The van der Waals surface area contributed by atoms with Gasteiger partial charge in [0.25, 0.3) is 0 Å². The zero-order valence-corrected chi connectivity index (χ0v) is 12.2. The van der Waals surface area contributed by atoms with Crippen LogP contribution in [-0.2, 0) is 9.47 Å². The Morgan fingerprint density at radius 3 is 2.75 bits per heavy atom. The highest BCUT2D eigenvalue weighted by Crippen LogP contribution is 2.19. The predicted molar refractivity (Wildman–Crippen MR) is 76.5 cm³/mol. The fourth-order valence-corrected chi connectivity index (χ4v) is 1.88. The zero-order valence-electron chi connectivity index (χ0n) is 12.2. The molecule has 0 aliphatic carbocycles. The highest BCUT2D eigenvalue weighted by atomic mass is 16.5. The van der Waals surface area contributed by atoms with Crippen LogP contribution in [0.25, 0.3) is 0 Å². The third-order valence-electron chi connectivity index (χ3n) is 2.75. The molecule has 112 valence electrons. The summed E-state index contributed by atoms with van der Waals surface area (Å²) in [6.45, 7) is 5.97. The van der Waals surface area contributed by atoms with Crippen LogP contribution in [0, 0.1) is 13.8 Å². The van der Waals surface area contributed by atoms with E-state index in [1.54, 1.807) is 20.1 Å². The molecular formula is C14H22N2O4. The smallest absolute Gasteiger partial charge is 0.339 e. The maximum atomic E-state index is 11.2. The molecule has 1 rings (SSSR count). The van der Waals surface area contributed by atoms with Crippen molar-refractivity contribution in [3.8, 4) is 0 Å². The van der Waals surface area contributed by atoms with Crippen LogP contribution in [0.5, 0.6) is 0 Å². The SMILES string of the molecule is COCCOCCCNc1cc(C)nc(C)c1C(=O)O. The maximum absolute atomic E-state index is 11.2. The van der Waals surface area contributed by atoms with E-state index >= 15 is 0 Å². The van der Waals surface area contributed by atoms with Crippen molar-refractivity contribution in [3.63, 3.8) is 0 Å². The molecule has 0 aromatic carbocycles. The fraction of sp³-hybridized carbons (Fsp3) is 0.571. The summed E-state index contributed by atoms with van der Waals surface area (Å²) in [5.41, 5.74) is 2.16. The zero-order chi connectivity index (χ0) is 15.0. The Labute approximate surface area is 119 Å². The second kappa shape index (κ2) is 8.50. The molecule has 0 saturated carbocycles. The van der Waals surface area contributed by atoms with Gasteiger partial charge in [0.05, 0.1) is 24.6 Å². The van der Waals surface area contributed by atoms with Crippen LogP contribution in [-0.4, -0.2) is 49.5 Å². The van der Waals surface area contributed by atoms with Gasteiger partial charge in [0.1, 0.15) is 5.56 Å². The minimum atomic E-state index is -0.964. The average Bonchev–Trinajstić information content (AvgIpc) is 2.36. The molecule has 2 N–H and O–H groups in total. The number of hydrogen-bond acceptors (Lipinski definition) is 5. The van der Waals surface area contributed by atoms with Crippen LogP contribution in [0.15, 0.2) is 6.07 Å². The Morgan fingerprint density at radius 1 is 1.35 bits per heavy atom. The molecule has 0 amide bonds. The first-order valence-corrected chi connectivity index (χ1v) is 6.58. The number of methoxy groups -OCH3 is 1. The number of carboxylic acids is 1. The molecule has 0 unspecified atom stereocenters. The molecular weight excluding hydrogens is 260 g/mol. The number of carbonyl (C=O) groups is 1. The summed E-state index contributed by atoms with van der Waals surface area (Å²) in [5, 5.41) is 12.4. The summed E-state index contributed by atoms with van der Waals surface area (Å²) in [5.74, 6) is -0.964. The van der Waals surface area contributed by atoms with Crippen LogP contribution >= 0.6 is 0 Å². The van der Waals surface area contributed by atoms with Crippen LogP contribution in [0.4, 0.5) is 5.69 Å². The largest absolute Gasteiger partial charge is 0.478 e. The molecule has 0 radical (unpaired) electrons. The molecule has 0 atom stereocenters. The number of carboxylic acid groups (broad SMARTS) is 1. The van der Waals surface area contributed by atoms with Crippen molar-refractivity contribution in [2.24, 2.45) is 0 Å². The second-order valence-electron chi connectivity index (χ2n) is 4.46. The molecule has 0 bridgehead atoms. The van der Waals surface area contributed by atoms with Gasteiger partial charge >= 0.3 is 5.97 Å². The first-order chi connectivity index (χ1) is 9.56. The van der Waals surface area contributed by atoms with Crippen molar-refractivity contribution in [2.75, 3.05) is 38.8 Å². The molecule has 6 nitrogen and oxygen atoms in total. The highest BCUT2D eigenvalue weighted by molar-refractivity contribution is 5.95. The van der Waals surface area contributed by atoms with Gasteiger partial charge in [-0.1, -0.05) is 0 Å². The van der Waals surface area contributed by atoms with E-state index in [1.807, 2.05) is 6.92 Å². The average molecular weight is 282 g/mol. The third kappa shape index (κ3) is 5.14. The number of rotatable bonds is 9. The fourth-order valence-electron chi connectivity index (χ4n) is 1.88. The minimum Gasteiger partial charge on any atom is -0.478 e. The summed E-state index contributed by atoms with van der Waals surface area (Å²) >= 11 is 0. The van der Waals surface area contributed by atoms with Crippen molar-refractivity contribution in [3.05, 3.63) is 23.0 Å². The Hall–Kier alpha value is -1.66. The van der Waals surface area contributed by atoms with Gasteiger partial charge in [-0.3, -0.25) is 4.98 Å². The van der Waals surface area contributed by atoms with E-state index in [2.05, 4.69) is 10.3 Å². The van der Waals surface area contributed by atoms with Crippen LogP contribution in [0.2, 0.25) is 0 Å². The Kier molecular flexibility index (Phi) is 6.97. The van der Waals surface area contributed by atoms with Crippen LogP contribution in [0.1, 0.15) is 28.2 Å². The number of aromatic carboxylic acids is 1. The normalized spacial score (nSPS) is 10.6. The molecule has 0 aliphatic heterocycles. The molecule has 6 heteroatoms. The number of aryl methyl sites for hydroxylation is 2. The molecule has 1 aromatic rings. The van der Waals surface area contributed by atoms with E-state index < -0.39 is 5.97 Å². The van der Waals surface area contributed by atoms with Gasteiger partial charge in [-0.05, 0) is 26.3 Å². The van der Waals surface area contributed by atoms with Crippen molar-refractivity contribution in [1.82, 2.24) is 4.98 Å². The molecule has 0 spiro atoms. The minimum absolute atomic E-state index is 0.232. The second-order valence-corrected chi connectivity index (χ2v) is 4.46. The first kappa shape index (κ1) is 16.4. The quantitative estimate of drug-likeness (QED) is 0.673. The Bertz CT molecular complexity index is 449. The standard InChI is InChI=1S/C14H22N2O4/c1-10-9-12(13(14(17)18)11(2)16-10)15-5-4-6-20-8-7-19-3/h9H,4-8H2,1-3H3,(H,15,16)(H,17,18). The monoisotopic (exact) mass is 282 g/mol. The summed E-state index contributed by atoms with van der Waals surface area (Å²) in [6, 6.07) is 1.75. The van der Waals surface area contributed by atoms with Crippen molar-refractivity contribution in [2.45, 2.75) is 20.3 Å². The van der Waals surface area contributed by atoms with Gasteiger partial charge in [-0.15, -0.1) is 0 Å². The predicted octanol–water partition coefficient (Wildman–Crippen LogP) is 1.86. The lowest BCUT2D eigenvalue weighted by Gasteiger charge is -2.12. The number of nitrogens with one attached hydrogen (secondary N) is 1. The van der Waals surface area contributed by atoms with Crippen molar-refractivity contribution >= 4 is 11.7 Å². The number of hydrogen-bond donors (Lipinski definition) is 2. The van der Waals surface area contributed by atoms with Gasteiger partial charge in [-0.25, -0.2) is 4.79 Å². The third-order valence-corrected chi connectivity index (χ3v) is 2.75. The maximum Gasteiger partial charge on any atom is 0.339 e. The molecule has 1 aromatic heterocycles. The lowest BCUT2D eigenvalue weighted by Crippen LogP contribution is -2.13. The van der Waals surface area contributed by atoms with E-state index in [-0.39, 0.29) is 5.56 Å². The molecule has 0 fully saturated rings. The van der Waals surface area contributed by atoms with Crippen LogP contribution < -0.4 is 5.32 Å². The highest BCUT2D eigenvalue weighted by Gasteiger charge is 2.14. The number of nitrogens with zero attached hydrogens (tertiary/aromatic N) is 1. The van der Waals surface area contributed by atoms with E-state index in [1.165, 1.54) is 0 Å². The van der Waals surface area contributed by atoms with E-state index in [4.69, 9.17) is 9.47 Å². The van der Waals surface area contributed by atoms with Crippen molar-refractivity contribution < 1.29 is 19.4 Å². The number of anilines is 1. The molecule has 0 saturated heterocycles. The van der Waals surface area contributed by atoms with Gasteiger partial charge in [0.15, 0.2) is 0 Å². The van der Waals surface area contributed by atoms with Gasteiger partial charge in [0, 0.05) is 26.0 Å². The summed E-state index contributed by atoms with van der Waals surface area (Å²) in [4.78, 5) is 15.4. The lowest BCUT2D eigenvalue weighted by atomic mass is 10.1. The van der Waals surface area contributed by atoms with E-state index in [9.17, 15) is 9.90 Å². The van der Waals surface area contributed by atoms with Crippen molar-refractivity contribution in [1.29, 1.82) is 0 Å². The Balaban J connectivity index is 2.49. The van der Waals surface area contributed by atoms with Gasteiger partial charge in [-0.2, -0.15) is 0 Å². The number of aromatic nitrogens is 1. The topological polar surface area (TPSA) is 80.7 Å². The van der Waals surface area contributed by atoms with E-state index in [0.717, 1.165) is 12.1 Å². The summed E-state index contributed by atoms with van der Waals surface area (Å²) in [6.07, 6.45) is 0.795. The summed E-state index contributed by atoms with van der Waals surface area (Å²) < 4.78 is 10.2. The van der Waals surface area contributed by atoms with Crippen LogP contribution in [0.3, 0.4) is 0 Å². The lowest BCUT2D eigenvalue weighted by molar-refractivity contribution is 0.0696. The van der Waals surface area contributed by atoms with E-state index in [0.29, 0.717) is 37.7 Å².